The van der Waals surface area contributed by atoms with E-state index in [4.69, 9.17) is 15.6 Å². The fourth-order valence-corrected chi connectivity index (χ4v) is 8.51. The van der Waals surface area contributed by atoms with E-state index in [0.717, 1.165) is 17.0 Å². The number of nitrogens with one attached hydrogen (secondary N) is 6. The maximum absolute atomic E-state index is 14.0. The number of nitrogens with two attached hydrogens (primary N) is 1. The first-order chi connectivity index (χ1) is 35.9. The van der Waals surface area contributed by atoms with Crippen LogP contribution < -0.4 is 37.6 Å². The molecule has 12 N–H and O–H groups in total. The number of fused-ring (bicyclic) bond motifs is 2. The van der Waals surface area contributed by atoms with Crippen molar-refractivity contribution in [1.82, 2.24) is 31.1 Å². The quantitative estimate of drug-likeness (QED) is 0.0202. The summed E-state index contributed by atoms with van der Waals surface area (Å²) in [6.07, 6.45) is 4.08. The molecule has 0 radical (unpaired) electrons. The molecule has 2 aliphatic rings. The molecule has 0 saturated heterocycles. The minimum absolute atomic E-state index is 0.0259. The maximum Gasteiger partial charge on any atom is 0.410 e. The molecule has 1 aliphatic heterocycles. The normalized spacial score (nSPS) is 13.5. The first-order valence-corrected chi connectivity index (χ1v) is 24.9. The van der Waals surface area contributed by atoms with Crippen LogP contribution in [0.25, 0.3) is 0 Å². The molecule has 1 aliphatic carbocycles. The predicted octanol–water partition coefficient (Wildman–Crippen LogP) is 1.93. The van der Waals surface area contributed by atoms with E-state index in [1.807, 2.05) is 0 Å². The Labute approximate surface area is 433 Å². The van der Waals surface area contributed by atoms with E-state index in [-0.39, 0.29) is 124 Å². The van der Waals surface area contributed by atoms with Gasteiger partial charge >= 0.3 is 12.1 Å². The standard InChI is InChI=1S/C52H67N9O14/c1-31(2)46(59-39(66)10-4-3-5-26-61-40(67)19-20-41(61)68)50(72)58-36(9-6-21-56-51(53)73)49(71)57-34-14-11-32(12-15-34)30-75-52(74)60(27-29-63)25-7-8-33-13-16-35(55-23-22-54-24-28-62)43-42(33)47(69)44-37(64)17-18-38(65)45(44)48(43)70/h11-20,31,36,46,54-55,62-65H,3-10,21-30H2,1-2H3,(H,57,71)(H,58,72)(H,59,66)(H3,53,56,73)/t36-,46-/m0/s1. The molecule has 0 unspecified atom stereocenters. The molecule has 3 aromatic rings. The van der Waals surface area contributed by atoms with Crippen molar-refractivity contribution in [3.05, 3.63) is 94.1 Å². The SMILES string of the molecule is CC(C)[C@H](NC(=O)CCCCCN1C(=O)C=CC1=O)C(=O)N[C@@H](CCCNC(N)=O)C(=O)Nc1ccc(COC(=O)N(CCO)CCCc2ccc(NCCNCCO)c3c2C(=O)c2c(O)ccc(O)c2C3=O)cc1. The molecule has 5 rings (SSSR count). The highest BCUT2D eigenvalue weighted by Gasteiger charge is 2.38. The molecule has 8 amide bonds. The maximum atomic E-state index is 14.0. The van der Waals surface area contributed by atoms with E-state index in [9.17, 15) is 58.5 Å². The lowest BCUT2D eigenvalue weighted by Gasteiger charge is -2.25. The van der Waals surface area contributed by atoms with Gasteiger partial charge in [-0.3, -0.25) is 38.5 Å². The van der Waals surface area contributed by atoms with Gasteiger partial charge in [-0.25, -0.2) is 9.59 Å². The van der Waals surface area contributed by atoms with Gasteiger partial charge < -0.3 is 67.7 Å². The molecule has 0 saturated carbocycles. The van der Waals surface area contributed by atoms with Crippen molar-refractivity contribution >= 4 is 64.6 Å². The summed E-state index contributed by atoms with van der Waals surface area (Å²) in [5, 5.41) is 57.0. The Morgan fingerprint density at radius 2 is 1.39 bits per heavy atom. The molecule has 404 valence electrons. The van der Waals surface area contributed by atoms with Crippen molar-refractivity contribution in [2.24, 2.45) is 11.7 Å². The Balaban J connectivity index is 1.16. The minimum Gasteiger partial charge on any atom is -0.507 e. The Bertz CT molecular complexity index is 2590. The second-order valence-electron chi connectivity index (χ2n) is 18.2. The van der Waals surface area contributed by atoms with Crippen LogP contribution >= 0.6 is 0 Å². The zero-order valence-electron chi connectivity index (χ0n) is 42.1. The van der Waals surface area contributed by atoms with Gasteiger partial charge in [0.05, 0.1) is 29.9 Å². The number of carbonyl (C=O) groups is 9. The van der Waals surface area contributed by atoms with E-state index < -0.39 is 59.1 Å². The number of rotatable bonds is 30. The first-order valence-electron chi connectivity index (χ1n) is 24.9. The number of carbonyl (C=O) groups excluding carboxylic acids is 9. The number of anilines is 2. The number of hydrogen-bond donors (Lipinski definition) is 11. The smallest absolute Gasteiger partial charge is 0.410 e. The largest absolute Gasteiger partial charge is 0.507 e. The third-order valence-corrected chi connectivity index (χ3v) is 12.4. The van der Waals surface area contributed by atoms with Gasteiger partial charge in [0.15, 0.2) is 11.6 Å². The summed E-state index contributed by atoms with van der Waals surface area (Å²) < 4.78 is 5.58. The van der Waals surface area contributed by atoms with Crippen molar-refractivity contribution in [2.45, 2.75) is 83.9 Å². The van der Waals surface area contributed by atoms with Gasteiger partial charge in [-0.1, -0.05) is 38.5 Å². The minimum atomic E-state index is -1.10. The highest BCUT2D eigenvalue weighted by atomic mass is 16.6. The van der Waals surface area contributed by atoms with E-state index in [1.165, 1.54) is 17.1 Å². The number of imide groups is 1. The van der Waals surface area contributed by atoms with Gasteiger partial charge in [-0.15, -0.1) is 0 Å². The van der Waals surface area contributed by atoms with Crippen molar-refractivity contribution < 1.29 is 68.3 Å². The van der Waals surface area contributed by atoms with Gasteiger partial charge in [-0.05, 0) is 85.9 Å². The molecular weight excluding hydrogens is 975 g/mol. The molecule has 1 heterocycles. The zero-order chi connectivity index (χ0) is 54.6. The van der Waals surface area contributed by atoms with E-state index in [0.29, 0.717) is 61.4 Å². The lowest BCUT2D eigenvalue weighted by Crippen LogP contribution is -2.54. The predicted molar refractivity (Wildman–Crippen MR) is 274 cm³/mol. The number of amides is 8. The average Bonchev–Trinajstić information content (AvgIpc) is 3.70. The summed E-state index contributed by atoms with van der Waals surface area (Å²) in [4.78, 5) is 119. The number of phenols is 2. The molecule has 75 heavy (non-hydrogen) atoms. The van der Waals surface area contributed by atoms with Crippen LogP contribution in [0.2, 0.25) is 0 Å². The summed E-state index contributed by atoms with van der Waals surface area (Å²) >= 11 is 0. The van der Waals surface area contributed by atoms with Crippen LogP contribution in [0.4, 0.5) is 21.0 Å². The Kier molecular flexibility index (Phi) is 22.1. The average molecular weight is 1040 g/mol. The number of primary amides is 1. The van der Waals surface area contributed by atoms with Crippen LogP contribution in [0.15, 0.2) is 60.7 Å². The van der Waals surface area contributed by atoms with Gasteiger partial charge in [0.2, 0.25) is 17.7 Å². The summed E-state index contributed by atoms with van der Waals surface area (Å²) in [6, 6.07) is 9.08. The molecule has 0 fully saturated rings. The number of ketones is 2. The van der Waals surface area contributed by atoms with Gasteiger partial charge in [-0.2, -0.15) is 0 Å². The number of aryl methyl sites for hydroxylation is 1. The molecule has 0 aromatic heterocycles. The number of urea groups is 1. The third-order valence-electron chi connectivity index (χ3n) is 12.4. The van der Waals surface area contributed by atoms with Crippen molar-refractivity contribution in [3.63, 3.8) is 0 Å². The number of aliphatic hydroxyl groups is 2. The van der Waals surface area contributed by atoms with Gasteiger partial charge in [0.25, 0.3) is 11.8 Å². The van der Waals surface area contributed by atoms with E-state index >= 15 is 0 Å². The van der Waals surface area contributed by atoms with Crippen molar-refractivity contribution in [3.8, 4) is 11.5 Å². The van der Waals surface area contributed by atoms with Crippen LogP contribution in [0.3, 0.4) is 0 Å². The van der Waals surface area contributed by atoms with Crippen LogP contribution in [-0.2, 0) is 41.7 Å². The second-order valence-corrected chi connectivity index (χ2v) is 18.2. The highest BCUT2D eigenvalue weighted by molar-refractivity contribution is 6.32. The highest BCUT2D eigenvalue weighted by Crippen LogP contribution is 2.41. The monoisotopic (exact) mass is 1040 g/mol. The van der Waals surface area contributed by atoms with Crippen LogP contribution in [0.1, 0.15) is 102 Å². The molecule has 3 aromatic carbocycles. The Morgan fingerprint density at radius 1 is 0.707 bits per heavy atom. The number of nitrogens with zero attached hydrogens (tertiary/aromatic N) is 2. The molecule has 23 heteroatoms. The molecular formula is C52H67N9O14. The van der Waals surface area contributed by atoms with Crippen LogP contribution in [-0.4, -0.2) is 155 Å². The fourth-order valence-electron chi connectivity index (χ4n) is 8.51. The van der Waals surface area contributed by atoms with Gasteiger partial charge in [0.1, 0.15) is 30.2 Å². The lowest BCUT2D eigenvalue weighted by molar-refractivity contribution is -0.137. The number of aromatic hydroxyl groups is 2. The number of ether oxygens (including phenoxy) is 1. The lowest BCUT2D eigenvalue weighted by atomic mass is 9.79. The molecule has 0 spiro atoms. The Hall–Kier alpha value is -7.89. The topological polar surface area (TPSA) is 348 Å². The fraction of sp³-hybridized carbons (Fsp3) is 0.442. The third kappa shape index (κ3) is 16.3. The van der Waals surface area contributed by atoms with Crippen LogP contribution in [0.5, 0.6) is 11.5 Å². The summed E-state index contributed by atoms with van der Waals surface area (Å²) in [7, 11) is 0. The summed E-state index contributed by atoms with van der Waals surface area (Å²) in [5.74, 6) is -4.93. The molecule has 2 atom stereocenters. The summed E-state index contributed by atoms with van der Waals surface area (Å²) in [6.45, 7) is 4.31. The van der Waals surface area contributed by atoms with Crippen molar-refractivity contribution in [2.75, 3.05) is 69.7 Å². The molecule has 0 bridgehead atoms. The number of aliphatic hydroxyl groups excluding tert-OH is 2. The first kappa shape index (κ1) is 58.0. The van der Waals surface area contributed by atoms with Gasteiger partial charge in [0, 0.05) is 81.3 Å². The van der Waals surface area contributed by atoms with Crippen LogP contribution in [0, 0.1) is 5.92 Å². The van der Waals surface area contributed by atoms with E-state index in [1.54, 1.807) is 50.2 Å². The number of hydrogen-bond acceptors (Lipinski definition) is 16. The Morgan fingerprint density at radius 3 is 2.03 bits per heavy atom. The summed E-state index contributed by atoms with van der Waals surface area (Å²) in [5.41, 5.74) is 6.31. The number of phenolic OH excluding ortho intramolecular Hbond substituents is 2. The van der Waals surface area contributed by atoms with E-state index in [2.05, 4.69) is 31.9 Å². The molecule has 23 nitrogen and oxygen atoms in total. The zero-order valence-corrected chi connectivity index (χ0v) is 42.1. The number of unbranched alkanes of at least 4 members (excludes halogenated alkanes) is 2. The number of benzene rings is 3. The second kappa shape index (κ2) is 28.5. The van der Waals surface area contributed by atoms with Crippen molar-refractivity contribution in [1.29, 1.82) is 0 Å².